The van der Waals surface area contributed by atoms with Crippen LogP contribution in [0.15, 0.2) is 29.8 Å². The number of hydrogen-bond donors (Lipinski definition) is 1. The molecule has 4 nitrogen and oxygen atoms in total. The number of hydrogen-bond acceptors (Lipinski definition) is 4. The minimum absolute atomic E-state index is 0.0913. The highest BCUT2D eigenvalue weighted by Gasteiger charge is 2.30. The zero-order chi connectivity index (χ0) is 15.5. The van der Waals surface area contributed by atoms with Gasteiger partial charge in [0.1, 0.15) is 4.88 Å². The Bertz CT molecular complexity index is 650. The fourth-order valence-electron chi connectivity index (χ4n) is 2.86. The first kappa shape index (κ1) is 15.2. The van der Waals surface area contributed by atoms with Gasteiger partial charge < -0.3 is 10.2 Å². The number of aryl methyl sites for hydroxylation is 2. The zero-order valence-electron chi connectivity index (χ0n) is 13.0. The van der Waals surface area contributed by atoms with Crippen molar-refractivity contribution in [3.8, 4) is 0 Å². The van der Waals surface area contributed by atoms with E-state index in [1.165, 1.54) is 22.5 Å². The van der Waals surface area contributed by atoms with Crippen LogP contribution in [0.3, 0.4) is 0 Å². The topological polar surface area (TPSA) is 45.2 Å². The van der Waals surface area contributed by atoms with E-state index in [1.807, 2.05) is 11.8 Å². The third-order valence-electron chi connectivity index (χ3n) is 4.22. The fourth-order valence-corrected chi connectivity index (χ4v) is 3.62. The summed E-state index contributed by atoms with van der Waals surface area (Å²) in [6, 6.07) is 8.70. The van der Waals surface area contributed by atoms with E-state index in [2.05, 4.69) is 41.5 Å². The predicted octanol–water partition coefficient (Wildman–Crippen LogP) is 2.80. The van der Waals surface area contributed by atoms with Gasteiger partial charge in [0.2, 0.25) is 0 Å². The van der Waals surface area contributed by atoms with E-state index in [0.717, 1.165) is 36.6 Å². The second kappa shape index (κ2) is 6.58. The summed E-state index contributed by atoms with van der Waals surface area (Å²) in [4.78, 5) is 19.8. The van der Waals surface area contributed by atoms with Crippen molar-refractivity contribution < 1.29 is 4.79 Å². The first-order chi connectivity index (χ1) is 10.7. The number of nitrogens with zero attached hydrogens (tertiary/aromatic N) is 2. The van der Waals surface area contributed by atoms with Crippen LogP contribution in [0, 0.1) is 6.92 Å². The maximum atomic E-state index is 12.9. The molecule has 1 fully saturated rings. The van der Waals surface area contributed by atoms with Crippen molar-refractivity contribution in [2.75, 3.05) is 19.6 Å². The summed E-state index contributed by atoms with van der Waals surface area (Å²) in [5.74, 6) is 0.103. The van der Waals surface area contributed by atoms with Gasteiger partial charge in [-0.1, -0.05) is 31.2 Å². The average molecular weight is 315 g/mol. The minimum atomic E-state index is 0.0913. The highest BCUT2D eigenvalue weighted by atomic mass is 32.1. The number of amides is 1. The molecular formula is C17H21N3OS. The van der Waals surface area contributed by atoms with Gasteiger partial charge in [-0.2, -0.15) is 0 Å². The Morgan fingerprint density at radius 3 is 2.82 bits per heavy atom. The molecule has 1 saturated heterocycles. The number of carbonyl (C=O) groups is 1. The molecule has 116 valence electrons. The summed E-state index contributed by atoms with van der Waals surface area (Å²) in [5, 5.41) is 3.40. The van der Waals surface area contributed by atoms with Gasteiger partial charge in [0, 0.05) is 19.6 Å². The van der Waals surface area contributed by atoms with Crippen LogP contribution in [-0.4, -0.2) is 35.4 Å². The molecule has 2 heterocycles. The van der Waals surface area contributed by atoms with E-state index in [-0.39, 0.29) is 11.9 Å². The normalized spacial score (nSPS) is 18.5. The van der Waals surface area contributed by atoms with Crippen molar-refractivity contribution in [3.63, 3.8) is 0 Å². The van der Waals surface area contributed by atoms with Crippen molar-refractivity contribution in [2.24, 2.45) is 0 Å². The Morgan fingerprint density at radius 2 is 2.18 bits per heavy atom. The summed E-state index contributed by atoms with van der Waals surface area (Å²) in [6.45, 7) is 6.43. The first-order valence-electron chi connectivity index (χ1n) is 7.71. The summed E-state index contributed by atoms with van der Waals surface area (Å²) in [6.07, 6.45) is 1.03. The summed E-state index contributed by atoms with van der Waals surface area (Å²) in [5.41, 5.74) is 5.09. The van der Waals surface area contributed by atoms with Gasteiger partial charge in [0.05, 0.1) is 17.2 Å². The molecule has 1 aliphatic heterocycles. The second-order valence-corrected chi connectivity index (χ2v) is 6.44. The van der Waals surface area contributed by atoms with Crippen molar-refractivity contribution in [3.05, 3.63) is 51.5 Å². The van der Waals surface area contributed by atoms with Crippen molar-refractivity contribution in [1.82, 2.24) is 15.2 Å². The van der Waals surface area contributed by atoms with Crippen LogP contribution in [-0.2, 0) is 6.42 Å². The largest absolute Gasteiger partial charge is 0.328 e. The van der Waals surface area contributed by atoms with E-state index < -0.39 is 0 Å². The number of rotatable bonds is 3. The van der Waals surface area contributed by atoms with Crippen LogP contribution in [0.5, 0.6) is 0 Å². The molecule has 0 bridgehead atoms. The van der Waals surface area contributed by atoms with Gasteiger partial charge in [-0.3, -0.25) is 4.79 Å². The van der Waals surface area contributed by atoms with Crippen molar-refractivity contribution in [2.45, 2.75) is 26.3 Å². The first-order valence-corrected chi connectivity index (χ1v) is 8.59. The molecule has 1 unspecified atom stereocenters. The molecule has 2 aromatic rings. The lowest BCUT2D eigenvalue weighted by Gasteiger charge is -2.36. The molecule has 0 spiro atoms. The quantitative estimate of drug-likeness (QED) is 0.947. The van der Waals surface area contributed by atoms with E-state index in [0.29, 0.717) is 0 Å². The van der Waals surface area contributed by atoms with Gasteiger partial charge in [-0.25, -0.2) is 4.98 Å². The SMILES string of the molecule is CCc1ccc(C2CNCCN2C(=O)c2scnc2C)cc1. The Hall–Kier alpha value is -1.72. The minimum Gasteiger partial charge on any atom is -0.328 e. The average Bonchev–Trinajstić information content (AvgIpc) is 3.00. The lowest BCUT2D eigenvalue weighted by atomic mass is 10.0. The van der Waals surface area contributed by atoms with Gasteiger partial charge in [0.15, 0.2) is 0 Å². The Balaban J connectivity index is 1.87. The van der Waals surface area contributed by atoms with Crippen LogP contribution >= 0.6 is 11.3 Å². The number of benzene rings is 1. The number of nitrogens with one attached hydrogen (secondary N) is 1. The third-order valence-corrected chi connectivity index (χ3v) is 5.13. The molecular weight excluding hydrogens is 294 g/mol. The standard InChI is InChI=1S/C17H21N3OS/c1-3-13-4-6-14(7-5-13)15-10-18-8-9-20(15)17(21)16-12(2)19-11-22-16/h4-7,11,15,18H,3,8-10H2,1-2H3. The molecule has 1 atom stereocenters. The molecule has 0 radical (unpaired) electrons. The molecule has 1 aromatic heterocycles. The molecule has 1 aliphatic rings. The molecule has 1 N–H and O–H groups in total. The van der Waals surface area contributed by atoms with Crippen LogP contribution in [0.2, 0.25) is 0 Å². The number of carbonyl (C=O) groups excluding carboxylic acids is 1. The summed E-state index contributed by atoms with van der Waals surface area (Å²) in [7, 11) is 0. The highest BCUT2D eigenvalue weighted by Crippen LogP contribution is 2.26. The lowest BCUT2D eigenvalue weighted by Crippen LogP contribution is -2.48. The van der Waals surface area contributed by atoms with Crippen molar-refractivity contribution in [1.29, 1.82) is 0 Å². The predicted molar refractivity (Wildman–Crippen MR) is 89.3 cm³/mol. The van der Waals surface area contributed by atoms with Gasteiger partial charge >= 0.3 is 0 Å². The van der Waals surface area contributed by atoms with Gasteiger partial charge in [-0.15, -0.1) is 11.3 Å². The molecule has 5 heteroatoms. The summed E-state index contributed by atoms with van der Waals surface area (Å²) < 4.78 is 0. The zero-order valence-corrected chi connectivity index (χ0v) is 13.8. The maximum Gasteiger partial charge on any atom is 0.266 e. The van der Waals surface area contributed by atoms with Crippen LogP contribution in [0.25, 0.3) is 0 Å². The van der Waals surface area contributed by atoms with Crippen LogP contribution < -0.4 is 5.32 Å². The van der Waals surface area contributed by atoms with E-state index in [4.69, 9.17) is 0 Å². The molecule has 1 aromatic carbocycles. The second-order valence-electron chi connectivity index (χ2n) is 5.58. The Morgan fingerprint density at radius 1 is 1.41 bits per heavy atom. The number of thiazole rings is 1. The van der Waals surface area contributed by atoms with E-state index in [9.17, 15) is 4.79 Å². The lowest BCUT2D eigenvalue weighted by molar-refractivity contribution is 0.0638. The molecule has 0 saturated carbocycles. The fraction of sp³-hybridized carbons (Fsp3) is 0.412. The number of aromatic nitrogens is 1. The van der Waals surface area contributed by atoms with Gasteiger partial charge in [-0.05, 0) is 24.5 Å². The van der Waals surface area contributed by atoms with Gasteiger partial charge in [0.25, 0.3) is 5.91 Å². The molecule has 0 aliphatic carbocycles. The number of piperazine rings is 1. The Kier molecular flexibility index (Phi) is 4.55. The van der Waals surface area contributed by atoms with E-state index >= 15 is 0 Å². The molecule has 1 amide bonds. The molecule has 3 rings (SSSR count). The highest BCUT2D eigenvalue weighted by molar-refractivity contribution is 7.11. The molecule has 22 heavy (non-hydrogen) atoms. The smallest absolute Gasteiger partial charge is 0.266 e. The monoisotopic (exact) mass is 315 g/mol. The maximum absolute atomic E-state index is 12.9. The van der Waals surface area contributed by atoms with Crippen LogP contribution in [0.4, 0.5) is 0 Å². The summed E-state index contributed by atoms with van der Waals surface area (Å²) >= 11 is 1.43. The Labute approximate surface area is 135 Å². The van der Waals surface area contributed by atoms with E-state index in [1.54, 1.807) is 5.51 Å². The van der Waals surface area contributed by atoms with Crippen LogP contribution in [0.1, 0.15) is 39.5 Å². The van der Waals surface area contributed by atoms with Crippen molar-refractivity contribution >= 4 is 17.2 Å². The third kappa shape index (κ3) is 2.91.